The maximum Gasteiger partial charge on any atom is 0.109 e. The Labute approximate surface area is 48.0 Å². The molecule has 0 saturated carbocycles. The molecule has 2 heteroatoms. The summed E-state index contributed by atoms with van der Waals surface area (Å²) in [5.74, 6) is 0. The second kappa shape index (κ2) is 4.13. The lowest BCUT2D eigenvalue weighted by Gasteiger charge is -1.84. The first-order chi connectivity index (χ1) is 3.31. The Morgan fingerprint density at radius 1 is 1.86 bits per heavy atom. The van der Waals surface area contributed by atoms with Gasteiger partial charge in [-0.05, 0) is 12.5 Å². The lowest BCUT2D eigenvalue weighted by Crippen LogP contribution is -1.67. The molecular weight excluding hydrogens is 115 g/mol. The van der Waals surface area contributed by atoms with Crippen LogP contribution in [-0.4, -0.2) is 6.67 Å². The van der Waals surface area contributed by atoms with E-state index in [9.17, 15) is 4.39 Å². The molecule has 0 aromatic heterocycles. The molecular formula is C5H8ClF. The van der Waals surface area contributed by atoms with Crippen LogP contribution in [0.1, 0.15) is 13.3 Å². The van der Waals surface area contributed by atoms with Gasteiger partial charge in [-0.1, -0.05) is 18.5 Å². The minimum atomic E-state index is -0.452. The molecule has 0 aliphatic rings. The largest absolute Gasteiger partial charge is 0.247 e. The summed E-state index contributed by atoms with van der Waals surface area (Å²) in [5.41, 5.74) is 0. The number of allylic oxidation sites excluding steroid dienone is 2. The zero-order valence-corrected chi connectivity index (χ0v) is 5.00. The predicted octanol–water partition coefficient (Wildman–Crippen LogP) is 2.49. The van der Waals surface area contributed by atoms with Gasteiger partial charge in [-0.15, -0.1) is 0 Å². The summed E-state index contributed by atoms with van der Waals surface area (Å²) >= 11 is 5.39. The molecule has 0 aromatic rings. The van der Waals surface area contributed by atoms with Crippen molar-refractivity contribution in [1.29, 1.82) is 0 Å². The van der Waals surface area contributed by atoms with E-state index in [4.69, 9.17) is 11.6 Å². The minimum Gasteiger partial charge on any atom is -0.247 e. The first kappa shape index (κ1) is 6.96. The van der Waals surface area contributed by atoms with Gasteiger partial charge in [-0.3, -0.25) is 0 Å². The van der Waals surface area contributed by atoms with Crippen molar-refractivity contribution in [2.45, 2.75) is 13.3 Å². The van der Waals surface area contributed by atoms with Gasteiger partial charge in [-0.25, -0.2) is 4.39 Å². The van der Waals surface area contributed by atoms with Crippen molar-refractivity contribution in [2.75, 3.05) is 6.67 Å². The third-order valence-corrected chi connectivity index (χ3v) is 1.06. The molecule has 0 aliphatic heterocycles. The topological polar surface area (TPSA) is 0 Å². The summed E-state index contributed by atoms with van der Waals surface area (Å²) in [4.78, 5) is 0. The van der Waals surface area contributed by atoms with Crippen molar-refractivity contribution in [3.8, 4) is 0 Å². The van der Waals surface area contributed by atoms with Gasteiger partial charge in [0.1, 0.15) is 6.67 Å². The van der Waals surface area contributed by atoms with Gasteiger partial charge >= 0.3 is 0 Å². The second-order valence-electron chi connectivity index (χ2n) is 1.16. The molecule has 0 saturated heterocycles. The summed E-state index contributed by atoms with van der Waals surface area (Å²) in [6, 6.07) is 0. The van der Waals surface area contributed by atoms with Gasteiger partial charge in [0.05, 0.1) is 0 Å². The zero-order chi connectivity index (χ0) is 5.70. The van der Waals surface area contributed by atoms with Crippen molar-refractivity contribution in [1.82, 2.24) is 0 Å². The molecule has 0 amide bonds. The van der Waals surface area contributed by atoms with Crippen molar-refractivity contribution >= 4 is 11.6 Å². The van der Waals surface area contributed by atoms with E-state index in [1.165, 1.54) is 6.08 Å². The summed E-state index contributed by atoms with van der Waals surface area (Å²) < 4.78 is 11.3. The number of rotatable bonds is 2. The van der Waals surface area contributed by atoms with E-state index in [2.05, 4.69) is 0 Å². The maximum absolute atomic E-state index is 11.3. The second-order valence-corrected chi connectivity index (χ2v) is 1.64. The normalized spacial score (nSPS) is 12.1. The van der Waals surface area contributed by atoms with Gasteiger partial charge in [-0.2, -0.15) is 0 Å². The third kappa shape index (κ3) is 3.80. The summed E-state index contributed by atoms with van der Waals surface area (Å²) in [5, 5.41) is 0.600. The van der Waals surface area contributed by atoms with Crippen LogP contribution < -0.4 is 0 Å². The smallest absolute Gasteiger partial charge is 0.109 e. The average Bonchev–Trinajstić information content (AvgIpc) is 1.68. The first-order valence-corrected chi connectivity index (χ1v) is 2.59. The third-order valence-electron chi connectivity index (χ3n) is 0.636. The standard InChI is InChI=1S/C5H8ClF/c1-2-5(6)3-4-7/h3H,2,4H2,1H3/b5-3+. The highest BCUT2D eigenvalue weighted by Gasteiger charge is 1.81. The Bertz CT molecular complexity index is 68.5. The Morgan fingerprint density at radius 3 is 2.57 bits per heavy atom. The number of halogens is 2. The van der Waals surface area contributed by atoms with Crippen LogP contribution in [0.5, 0.6) is 0 Å². The Balaban J connectivity index is 3.29. The number of alkyl halides is 1. The van der Waals surface area contributed by atoms with Crippen LogP contribution in [-0.2, 0) is 0 Å². The highest BCUT2D eigenvalue weighted by atomic mass is 35.5. The van der Waals surface area contributed by atoms with Crippen LogP contribution in [0.2, 0.25) is 0 Å². The molecule has 0 radical (unpaired) electrons. The molecule has 0 fully saturated rings. The molecule has 0 atom stereocenters. The predicted molar refractivity (Wildman–Crippen MR) is 30.2 cm³/mol. The van der Waals surface area contributed by atoms with Crippen molar-refractivity contribution in [3.63, 3.8) is 0 Å². The first-order valence-electron chi connectivity index (χ1n) is 2.21. The van der Waals surface area contributed by atoms with Crippen LogP contribution >= 0.6 is 11.6 Å². The molecule has 7 heavy (non-hydrogen) atoms. The fraction of sp³-hybridized carbons (Fsp3) is 0.600. The van der Waals surface area contributed by atoms with Crippen molar-refractivity contribution in [2.24, 2.45) is 0 Å². The Hall–Kier alpha value is -0.0400. The Kier molecular flexibility index (Phi) is 4.10. The molecule has 0 unspecified atom stereocenters. The van der Waals surface area contributed by atoms with Crippen molar-refractivity contribution in [3.05, 3.63) is 11.1 Å². The lowest BCUT2D eigenvalue weighted by atomic mass is 10.4. The average molecular weight is 123 g/mol. The van der Waals surface area contributed by atoms with Crippen LogP contribution in [0.3, 0.4) is 0 Å². The van der Waals surface area contributed by atoms with Crippen LogP contribution in [0.25, 0.3) is 0 Å². The van der Waals surface area contributed by atoms with Crippen molar-refractivity contribution < 1.29 is 4.39 Å². The van der Waals surface area contributed by atoms with Crippen LogP contribution in [0, 0.1) is 0 Å². The number of hydrogen-bond acceptors (Lipinski definition) is 0. The Morgan fingerprint density at radius 2 is 2.43 bits per heavy atom. The maximum atomic E-state index is 11.3. The van der Waals surface area contributed by atoms with Crippen LogP contribution in [0.4, 0.5) is 4.39 Å². The van der Waals surface area contributed by atoms with E-state index < -0.39 is 6.67 Å². The van der Waals surface area contributed by atoms with Gasteiger partial charge in [0, 0.05) is 5.03 Å². The SMILES string of the molecule is CC/C(Cl)=C\CF. The van der Waals surface area contributed by atoms with E-state index in [-0.39, 0.29) is 0 Å². The molecule has 0 spiro atoms. The fourth-order valence-electron chi connectivity index (χ4n) is 0.228. The monoisotopic (exact) mass is 122 g/mol. The summed E-state index contributed by atoms with van der Waals surface area (Å²) in [7, 11) is 0. The highest BCUT2D eigenvalue weighted by Crippen LogP contribution is 2.04. The highest BCUT2D eigenvalue weighted by molar-refractivity contribution is 6.29. The molecule has 0 N–H and O–H groups in total. The van der Waals surface area contributed by atoms with E-state index >= 15 is 0 Å². The van der Waals surface area contributed by atoms with E-state index in [0.29, 0.717) is 5.03 Å². The molecule has 0 heterocycles. The quantitative estimate of drug-likeness (QED) is 0.528. The van der Waals surface area contributed by atoms with Crippen LogP contribution in [0.15, 0.2) is 11.1 Å². The molecule has 0 bridgehead atoms. The van der Waals surface area contributed by atoms with Gasteiger partial charge in [0.25, 0.3) is 0 Å². The number of hydrogen-bond donors (Lipinski definition) is 0. The molecule has 0 aromatic carbocycles. The molecule has 0 aliphatic carbocycles. The molecule has 0 nitrogen and oxygen atoms in total. The summed E-state index contributed by atoms with van der Waals surface area (Å²) in [6.07, 6.45) is 2.09. The van der Waals surface area contributed by atoms with Gasteiger partial charge < -0.3 is 0 Å². The zero-order valence-electron chi connectivity index (χ0n) is 4.25. The summed E-state index contributed by atoms with van der Waals surface area (Å²) in [6.45, 7) is 1.43. The van der Waals surface area contributed by atoms with Gasteiger partial charge in [0.15, 0.2) is 0 Å². The molecule has 0 rings (SSSR count). The minimum absolute atomic E-state index is 0.452. The van der Waals surface area contributed by atoms with E-state index in [0.717, 1.165) is 6.42 Å². The van der Waals surface area contributed by atoms with E-state index in [1.807, 2.05) is 6.92 Å². The van der Waals surface area contributed by atoms with E-state index in [1.54, 1.807) is 0 Å². The van der Waals surface area contributed by atoms with Gasteiger partial charge in [0.2, 0.25) is 0 Å². The lowest BCUT2D eigenvalue weighted by molar-refractivity contribution is 0.560. The fourth-order valence-corrected chi connectivity index (χ4v) is 0.286. The molecule has 42 valence electrons.